The van der Waals surface area contributed by atoms with E-state index in [2.05, 4.69) is 21.6 Å². The van der Waals surface area contributed by atoms with Gasteiger partial charge in [0.2, 0.25) is 0 Å². The number of hydrogen-bond donors (Lipinski definition) is 1. The quantitative estimate of drug-likeness (QED) is 0.820. The molecule has 0 aliphatic carbocycles. The Morgan fingerprint density at radius 3 is 2.71 bits per heavy atom. The molecule has 1 amide bonds. The molecule has 1 N–H and O–H groups in total. The Bertz CT molecular complexity index is 646. The highest BCUT2D eigenvalue weighted by Gasteiger charge is 2.23. The van der Waals surface area contributed by atoms with Crippen LogP contribution in [0, 0.1) is 0 Å². The summed E-state index contributed by atoms with van der Waals surface area (Å²) < 4.78 is 1.85. The molecule has 0 saturated carbocycles. The summed E-state index contributed by atoms with van der Waals surface area (Å²) in [6.07, 6.45) is 11.6. The third-order valence-electron chi connectivity index (χ3n) is 4.54. The van der Waals surface area contributed by atoms with E-state index in [0.717, 1.165) is 50.9 Å². The number of aryl methyl sites for hydroxylation is 2. The summed E-state index contributed by atoms with van der Waals surface area (Å²) in [6.45, 7) is 2.65. The van der Waals surface area contributed by atoms with Crippen molar-refractivity contribution in [1.82, 2.24) is 25.0 Å². The summed E-state index contributed by atoms with van der Waals surface area (Å²) in [5.41, 5.74) is 2.02. The normalized spacial score (nSPS) is 15.6. The Hall–Kier alpha value is -2.21. The average Bonchev–Trinajstić information content (AvgIpc) is 3.05. The maximum absolute atomic E-state index is 12.4. The minimum Gasteiger partial charge on any atom is -0.339 e. The van der Waals surface area contributed by atoms with E-state index in [-0.39, 0.29) is 5.91 Å². The van der Waals surface area contributed by atoms with Crippen molar-refractivity contribution in [3.05, 3.63) is 48.0 Å². The lowest BCUT2D eigenvalue weighted by Gasteiger charge is -2.32. The number of pyridine rings is 1. The zero-order valence-electron chi connectivity index (χ0n) is 14.2. The molecule has 0 unspecified atom stereocenters. The third kappa shape index (κ3) is 4.41. The van der Waals surface area contributed by atoms with Gasteiger partial charge in [0, 0.05) is 50.3 Å². The van der Waals surface area contributed by atoms with Crippen LogP contribution < -0.4 is 5.32 Å². The molecule has 0 bridgehead atoms. The smallest absolute Gasteiger partial charge is 0.253 e. The van der Waals surface area contributed by atoms with Crippen LogP contribution in [0.4, 0.5) is 0 Å². The van der Waals surface area contributed by atoms with Gasteiger partial charge in [-0.25, -0.2) is 0 Å². The van der Waals surface area contributed by atoms with Crippen LogP contribution in [0.3, 0.4) is 0 Å². The molecule has 3 heterocycles. The number of amides is 1. The van der Waals surface area contributed by atoms with Crippen LogP contribution >= 0.6 is 0 Å². The van der Waals surface area contributed by atoms with Gasteiger partial charge < -0.3 is 10.2 Å². The standard InChI is InChI=1S/C18H25N5O/c1-22-14-15(13-21-22)3-2-8-20-17-6-11-23(12-7-17)18(24)16-4-9-19-10-5-16/h4-5,9-10,13-14,17,20H,2-3,6-8,11-12H2,1H3. The fraction of sp³-hybridized carbons (Fsp3) is 0.500. The van der Waals surface area contributed by atoms with Crippen molar-refractivity contribution >= 4 is 5.91 Å². The first-order valence-electron chi connectivity index (χ1n) is 8.62. The van der Waals surface area contributed by atoms with Gasteiger partial charge in [-0.3, -0.25) is 14.5 Å². The molecule has 128 valence electrons. The fourth-order valence-electron chi connectivity index (χ4n) is 3.16. The van der Waals surface area contributed by atoms with Gasteiger partial charge in [0.1, 0.15) is 0 Å². The first-order valence-corrected chi connectivity index (χ1v) is 8.62. The second-order valence-electron chi connectivity index (χ2n) is 6.38. The van der Waals surface area contributed by atoms with Gasteiger partial charge in [0.05, 0.1) is 6.20 Å². The Kier molecular flexibility index (Phi) is 5.59. The van der Waals surface area contributed by atoms with E-state index in [1.54, 1.807) is 24.5 Å². The molecule has 0 atom stereocenters. The summed E-state index contributed by atoms with van der Waals surface area (Å²) in [5.74, 6) is 0.118. The number of aromatic nitrogens is 3. The SMILES string of the molecule is Cn1cc(CCCNC2CCN(C(=O)c3ccncc3)CC2)cn1. The molecule has 0 spiro atoms. The van der Waals surface area contributed by atoms with Crippen molar-refractivity contribution in [3.8, 4) is 0 Å². The predicted molar refractivity (Wildman–Crippen MR) is 92.7 cm³/mol. The summed E-state index contributed by atoms with van der Waals surface area (Å²) in [7, 11) is 1.95. The zero-order valence-corrected chi connectivity index (χ0v) is 14.2. The van der Waals surface area contributed by atoms with Crippen molar-refractivity contribution < 1.29 is 4.79 Å². The fourth-order valence-corrected chi connectivity index (χ4v) is 3.16. The Morgan fingerprint density at radius 2 is 2.04 bits per heavy atom. The Labute approximate surface area is 142 Å². The predicted octanol–water partition coefficient (Wildman–Crippen LogP) is 1.64. The van der Waals surface area contributed by atoms with Crippen molar-refractivity contribution in [2.24, 2.45) is 7.05 Å². The Balaban J connectivity index is 1.35. The number of hydrogen-bond acceptors (Lipinski definition) is 4. The van der Waals surface area contributed by atoms with E-state index in [1.165, 1.54) is 5.56 Å². The second kappa shape index (κ2) is 8.06. The highest BCUT2D eigenvalue weighted by Crippen LogP contribution is 2.14. The van der Waals surface area contributed by atoms with Crippen LogP contribution in [-0.2, 0) is 13.5 Å². The van der Waals surface area contributed by atoms with E-state index < -0.39 is 0 Å². The molecule has 2 aromatic rings. The minimum atomic E-state index is 0.118. The number of carbonyl (C=O) groups excluding carboxylic acids is 1. The number of carbonyl (C=O) groups is 1. The van der Waals surface area contributed by atoms with E-state index in [1.807, 2.05) is 22.8 Å². The highest BCUT2D eigenvalue weighted by atomic mass is 16.2. The van der Waals surface area contributed by atoms with Crippen molar-refractivity contribution in [2.75, 3.05) is 19.6 Å². The second-order valence-corrected chi connectivity index (χ2v) is 6.38. The molecule has 3 rings (SSSR count). The van der Waals surface area contributed by atoms with Gasteiger partial charge >= 0.3 is 0 Å². The number of likely N-dealkylation sites (tertiary alicyclic amines) is 1. The number of rotatable bonds is 6. The first-order chi connectivity index (χ1) is 11.7. The maximum atomic E-state index is 12.4. The summed E-state index contributed by atoms with van der Waals surface area (Å²) >= 11 is 0. The van der Waals surface area contributed by atoms with Crippen molar-refractivity contribution in [2.45, 2.75) is 31.7 Å². The van der Waals surface area contributed by atoms with Gasteiger partial charge in [-0.15, -0.1) is 0 Å². The summed E-state index contributed by atoms with van der Waals surface area (Å²) in [4.78, 5) is 18.3. The molecule has 1 saturated heterocycles. The average molecular weight is 327 g/mol. The lowest BCUT2D eigenvalue weighted by atomic mass is 10.0. The van der Waals surface area contributed by atoms with Crippen molar-refractivity contribution in [3.63, 3.8) is 0 Å². The van der Waals surface area contributed by atoms with Crippen LogP contribution in [-0.4, -0.2) is 51.2 Å². The molecule has 2 aromatic heterocycles. The molecule has 6 heteroatoms. The van der Waals surface area contributed by atoms with Crippen LogP contribution in [0.1, 0.15) is 35.2 Å². The zero-order chi connectivity index (χ0) is 16.8. The molecule has 0 radical (unpaired) electrons. The number of nitrogens with zero attached hydrogens (tertiary/aromatic N) is 4. The summed E-state index contributed by atoms with van der Waals surface area (Å²) in [6, 6.07) is 4.08. The van der Waals surface area contributed by atoms with Crippen LogP contribution in [0.15, 0.2) is 36.9 Å². The largest absolute Gasteiger partial charge is 0.339 e. The molecule has 0 aromatic carbocycles. The van der Waals surface area contributed by atoms with Crippen molar-refractivity contribution in [1.29, 1.82) is 0 Å². The molecule has 24 heavy (non-hydrogen) atoms. The molecule has 1 aliphatic rings. The van der Waals surface area contributed by atoms with Gasteiger partial charge in [0.15, 0.2) is 0 Å². The molecular formula is C18H25N5O. The third-order valence-corrected chi connectivity index (χ3v) is 4.54. The first kappa shape index (κ1) is 16.6. The maximum Gasteiger partial charge on any atom is 0.253 e. The van der Waals surface area contributed by atoms with Gasteiger partial charge in [-0.05, 0) is 49.9 Å². The van der Waals surface area contributed by atoms with Gasteiger partial charge in [-0.2, -0.15) is 5.10 Å². The minimum absolute atomic E-state index is 0.118. The number of nitrogens with one attached hydrogen (secondary N) is 1. The van der Waals surface area contributed by atoms with Crippen LogP contribution in [0.5, 0.6) is 0 Å². The summed E-state index contributed by atoms with van der Waals surface area (Å²) in [5, 5.41) is 7.81. The van der Waals surface area contributed by atoms with E-state index >= 15 is 0 Å². The molecule has 6 nitrogen and oxygen atoms in total. The monoisotopic (exact) mass is 327 g/mol. The van der Waals surface area contributed by atoms with E-state index in [0.29, 0.717) is 6.04 Å². The topological polar surface area (TPSA) is 63.1 Å². The molecule has 1 aliphatic heterocycles. The Morgan fingerprint density at radius 1 is 1.29 bits per heavy atom. The lowest BCUT2D eigenvalue weighted by molar-refractivity contribution is 0.0705. The van der Waals surface area contributed by atoms with E-state index in [9.17, 15) is 4.79 Å². The highest BCUT2D eigenvalue weighted by molar-refractivity contribution is 5.94. The molecular weight excluding hydrogens is 302 g/mol. The lowest BCUT2D eigenvalue weighted by Crippen LogP contribution is -2.45. The van der Waals surface area contributed by atoms with Crippen LogP contribution in [0.2, 0.25) is 0 Å². The van der Waals surface area contributed by atoms with Crippen LogP contribution in [0.25, 0.3) is 0 Å². The van der Waals surface area contributed by atoms with Gasteiger partial charge in [0.25, 0.3) is 5.91 Å². The van der Waals surface area contributed by atoms with Gasteiger partial charge in [-0.1, -0.05) is 0 Å². The van der Waals surface area contributed by atoms with E-state index in [4.69, 9.17) is 0 Å². The number of piperidine rings is 1. The molecule has 1 fully saturated rings.